The second-order valence-electron chi connectivity index (χ2n) is 3.48. The van der Waals surface area contributed by atoms with Crippen LogP contribution in [0.5, 0.6) is 0 Å². The van der Waals surface area contributed by atoms with Gasteiger partial charge < -0.3 is 20.8 Å². The lowest BCUT2D eigenvalue weighted by Gasteiger charge is -2.17. The molecule has 0 aliphatic rings. The molecule has 2 unspecified atom stereocenters. The van der Waals surface area contributed by atoms with Gasteiger partial charge in [0.25, 0.3) is 0 Å². The molecule has 0 saturated carbocycles. The van der Waals surface area contributed by atoms with Crippen LogP contribution >= 0.6 is 37.2 Å². The van der Waals surface area contributed by atoms with Crippen molar-refractivity contribution >= 4 is 37.2 Å². The van der Waals surface area contributed by atoms with Gasteiger partial charge in [0, 0.05) is 25.2 Å². The van der Waals surface area contributed by atoms with Gasteiger partial charge in [-0.2, -0.15) is 0 Å². The van der Waals surface area contributed by atoms with Crippen molar-refractivity contribution in [3.8, 4) is 0 Å². The fourth-order valence-electron chi connectivity index (χ4n) is 1.23. The van der Waals surface area contributed by atoms with Crippen LogP contribution in [0.1, 0.15) is 26.7 Å². The number of hydrogen-bond donors (Lipinski definition) is 4. The molecular formula is C10H27Cl3N2O2. The summed E-state index contributed by atoms with van der Waals surface area (Å²) in [5, 5.41) is 24.3. The predicted molar refractivity (Wildman–Crippen MR) is 80.1 cm³/mol. The Balaban J connectivity index is -0.000000282. The van der Waals surface area contributed by atoms with Gasteiger partial charge in [0.2, 0.25) is 0 Å². The molecule has 0 aromatic rings. The molecule has 7 heteroatoms. The first-order valence-corrected chi connectivity index (χ1v) is 5.46. The fraction of sp³-hybridized carbons (Fsp3) is 1.00. The molecule has 2 atom stereocenters. The Kier molecular flexibility index (Phi) is 29.5. The maximum absolute atomic E-state index is 8.90. The lowest BCUT2D eigenvalue weighted by Crippen LogP contribution is -2.40. The van der Waals surface area contributed by atoms with E-state index in [9.17, 15) is 0 Å². The summed E-state index contributed by atoms with van der Waals surface area (Å²) in [4.78, 5) is 0. The van der Waals surface area contributed by atoms with Crippen LogP contribution in [-0.4, -0.2) is 48.6 Å². The Bertz CT molecular complexity index is 112. The van der Waals surface area contributed by atoms with E-state index in [1.165, 1.54) is 0 Å². The maximum atomic E-state index is 8.90. The standard InChI is InChI=1S/C10H24N2O2.3ClH/c1-3-9(7-13)11-5-6-12-10(4-2)8-14;;;/h9-14H,3-8H2,1-2H3;3*1H. The van der Waals surface area contributed by atoms with Gasteiger partial charge in [0.1, 0.15) is 0 Å². The molecule has 0 aliphatic heterocycles. The lowest BCUT2D eigenvalue weighted by molar-refractivity contribution is 0.229. The second-order valence-corrected chi connectivity index (χ2v) is 3.48. The molecule has 0 saturated heterocycles. The average molecular weight is 314 g/mol. The van der Waals surface area contributed by atoms with Crippen LogP contribution in [0.4, 0.5) is 0 Å². The van der Waals surface area contributed by atoms with Crippen molar-refractivity contribution in [3.05, 3.63) is 0 Å². The minimum atomic E-state index is 0. The SMILES string of the molecule is CCC(CO)NCCNC(CC)CO.Cl.Cl.Cl. The molecule has 17 heavy (non-hydrogen) atoms. The molecular weight excluding hydrogens is 286 g/mol. The number of halogens is 3. The zero-order chi connectivity index (χ0) is 10.8. The van der Waals surface area contributed by atoms with E-state index in [4.69, 9.17) is 10.2 Å². The summed E-state index contributed by atoms with van der Waals surface area (Å²) in [6.45, 7) is 6.13. The van der Waals surface area contributed by atoms with E-state index in [1.807, 2.05) is 13.8 Å². The molecule has 0 radical (unpaired) electrons. The van der Waals surface area contributed by atoms with Gasteiger partial charge in [0.05, 0.1) is 13.2 Å². The van der Waals surface area contributed by atoms with Gasteiger partial charge >= 0.3 is 0 Å². The highest BCUT2D eigenvalue weighted by Crippen LogP contribution is 1.89. The first-order chi connectivity index (χ1) is 6.78. The summed E-state index contributed by atoms with van der Waals surface area (Å²) in [6.07, 6.45) is 1.88. The number of hydrogen-bond acceptors (Lipinski definition) is 4. The summed E-state index contributed by atoms with van der Waals surface area (Å²) in [5.74, 6) is 0. The highest BCUT2D eigenvalue weighted by Gasteiger charge is 2.04. The molecule has 0 bridgehead atoms. The normalized spacial score (nSPS) is 12.7. The van der Waals surface area contributed by atoms with Crippen molar-refractivity contribution in [2.75, 3.05) is 26.3 Å². The van der Waals surface area contributed by atoms with Gasteiger partial charge in [-0.05, 0) is 12.8 Å². The highest BCUT2D eigenvalue weighted by atomic mass is 35.5. The van der Waals surface area contributed by atoms with E-state index in [0.29, 0.717) is 0 Å². The zero-order valence-electron chi connectivity index (χ0n) is 10.5. The summed E-state index contributed by atoms with van der Waals surface area (Å²) in [6, 6.07) is 0.400. The molecule has 0 aromatic heterocycles. The molecule has 0 aliphatic carbocycles. The molecule has 0 aromatic carbocycles. The van der Waals surface area contributed by atoms with Gasteiger partial charge in [-0.1, -0.05) is 13.8 Å². The summed E-state index contributed by atoms with van der Waals surface area (Å²) < 4.78 is 0. The molecule has 110 valence electrons. The number of rotatable bonds is 9. The van der Waals surface area contributed by atoms with Gasteiger partial charge in [-0.3, -0.25) is 0 Å². The van der Waals surface area contributed by atoms with Gasteiger partial charge in [-0.15, -0.1) is 37.2 Å². The predicted octanol–water partition coefficient (Wildman–Crippen LogP) is 0.973. The minimum absolute atomic E-state index is 0. The van der Waals surface area contributed by atoms with Crippen molar-refractivity contribution < 1.29 is 10.2 Å². The van der Waals surface area contributed by atoms with E-state index < -0.39 is 0 Å². The van der Waals surface area contributed by atoms with E-state index in [-0.39, 0.29) is 62.5 Å². The Morgan fingerprint density at radius 2 is 1.06 bits per heavy atom. The fourth-order valence-corrected chi connectivity index (χ4v) is 1.23. The molecule has 0 fully saturated rings. The van der Waals surface area contributed by atoms with E-state index in [1.54, 1.807) is 0 Å². The van der Waals surface area contributed by atoms with Crippen molar-refractivity contribution in [2.24, 2.45) is 0 Å². The average Bonchev–Trinajstić information content (AvgIpc) is 2.24. The van der Waals surface area contributed by atoms with Crippen molar-refractivity contribution in [1.82, 2.24) is 10.6 Å². The molecule has 4 nitrogen and oxygen atoms in total. The van der Waals surface area contributed by atoms with Crippen molar-refractivity contribution in [1.29, 1.82) is 0 Å². The molecule has 4 N–H and O–H groups in total. The third-order valence-corrected chi connectivity index (χ3v) is 2.42. The number of aliphatic hydroxyl groups excluding tert-OH is 2. The van der Waals surface area contributed by atoms with Crippen molar-refractivity contribution in [2.45, 2.75) is 38.8 Å². The first-order valence-electron chi connectivity index (χ1n) is 5.46. The third-order valence-electron chi connectivity index (χ3n) is 2.42. The molecule has 0 heterocycles. The van der Waals surface area contributed by atoms with Crippen LogP contribution in [-0.2, 0) is 0 Å². The second kappa shape index (κ2) is 19.1. The molecule has 0 rings (SSSR count). The summed E-state index contributed by atoms with van der Waals surface area (Å²) >= 11 is 0. The number of nitrogens with one attached hydrogen (secondary N) is 2. The monoisotopic (exact) mass is 312 g/mol. The van der Waals surface area contributed by atoms with Crippen molar-refractivity contribution in [3.63, 3.8) is 0 Å². The molecule has 0 spiro atoms. The largest absolute Gasteiger partial charge is 0.395 e. The van der Waals surface area contributed by atoms with Gasteiger partial charge in [-0.25, -0.2) is 0 Å². The topological polar surface area (TPSA) is 64.5 Å². The Labute approximate surface area is 123 Å². The maximum Gasteiger partial charge on any atom is 0.0584 e. The number of aliphatic hydroxyl groups is 2. The van der Waals surface area contributed by atoms with Crippen LogP contribution < -0.4 is 10.6 Å². The smallest absolute Gasteiger partial charge is 0.0584 e. The Hall–Kier alpha value is 0.710. The first kappa shape index (κ1) is 26.3. The Morgan fingerprint density at radius 1 is 0.765 bits per heavy atom. The molecule has 0 amide bonds. The zero-order valence-corrected chi connectivity index (χ0v) is 13.0. The van der Waals surface area contributed by atoms with Crippen LogP contribution in [0.3, 0.4) is 0 Å². The van der Waals surface area contributed by atoms with Crippen LogP contribution in [0, 0.1) is 0 Å². The summed E-state index contributed by atoms with van der Waals surface area (Å²) in [5.41, 5.74) is 0. The van der Waals surface area contributed by atoms with E-state index in [2.05, 4.69) is 10.6 Å². The van der Waals surface area contributed by atoms with Crippen LogP contribution in [0.15, 0.2) is 0 Å². The minimum Gasteiger partial charge on any atom is -0.395 e. The van der Waals surface area contributed by atoms with Gasteiger partial charge in [0.15, 0.2) is 0 Å². The van der Waals surface area contributed by atoms with E-state index in [0.717, 1.165) is 25.9 Å². The Morgan fingerprint density at radius 3 is 1.24 bits per heavy atom. The lowest BCUT2D eigenvalue weighted by atomic mass is 10.2. The van der Waals surface area contributed by atoms with Crippen LogP contribution in [0.2, 0.25) is 0 Å². The quantitative estimate of drug-likeness (QED) is 0.479. The van der Waals surface area contributed by atoms with Crippen LogP contribution in [0.25, 0.3) is 0 Å². The third kappa shape index (κ3) is 14.7. The highest BCUT2D eigenvalue weighted by molar-refractivity contribution is 5.86. The summed E-state index contributed by atoms with van der Waals surface area (Å²) in [7, 11) is 0. The van der Waals surface area contributed by atoms with E-state index >= 15 is 0 Å².